The maximum atomic E-state index is 12.1. The molecule has 2 rings (SSSR count). The summed E-state index contributed by atoms with van der Waals surface area (Å²) >= 11 is 0. The Labute approximate surface area is 105 Å². The van der Waals surface area contributed by atoms with Crippen molar-refractivity contribution >= 4 is 11.7 Å². The van der Waals surface area contributed by atoms with Gasteiger partial charge in [-0.05, 0) is 36.1 Å². The van der Waals surface area contributed by atoms with Crippen LogP contribution >= 0.6 is 0 Å². The number of carbonyl (C=O) groups is 1. The zero-order chi connectivity index (χ0) is 13.1. The first-order valence-electron chi connectivity index (χ1n) is 6.03. The lowest BCUT2D eigenvalue weighted by Crippen LogP contribution is -2.43. The summed E-state index contributed by atoms with van der Waals surface area (Å²) in [5, 5.41) is 10.5. The van der Waals surface area contributed by atoms with Crippen LogP contribution < -0.4 is 0 Å². The van der Waals surface area contributed by atoms with Crippen molar-refractivity contribution in [1.82, 2.24) is 14.5 Å². The van der Waals surface area contributed by atoms with E-state index >= 15 is 0 Å². The van der Waals surface area contributed by atoms with Gasteiger partial charge in [-0.2, -0.15) is 0 Å². The third-order valence-corrected chi connectivity index (χ3v) is 3.25. The van der Waals surface area contributed by atoms with Crippen LogP contribution in [0.3, 0.4) is 0 Å². The van der Waals surface area contributed by atoms with E-state index in [9.17, 15) is 14.9 Å². The van der Waals surface area contributed by atoms with E-state index in [-0.39, 0.29) is 24.3 Å². The fraction of sp³-hybridized carbons (Fsp3) is 0.636. The van der Waals surface area contributed by atoms with Crippen LogP contribution in [0.25, 0.3) is 0 Å². The Morgan fingerprint density at radius 2 is 2.39 bits per heavy atom. The number of amides is 1. The van der Waals surface area contributed by atoms with Crippen LogP contribution in [0.4, 0.5) is 5.82 Å². The number of hydrogen-bond donors (Lipinski definition) is 0. The summed E-state index contributed by atoms with van der Waals surface area (Å²) in [6, 6.07) is 0.254. The standard InChI is InChI=1S/C11H16N4O3/c1-9-4-2-3-5-14(9)11(16)7-13-6-10(12-8-13)15(17)18/h6,8-9H,2-5,7H2,1H3. The minimum absolute atomic E-state index is 0.00509. The van der Waals surface area contributed by atoms with Crippen LogP contribution in [0, 0.1) is 10.1 Å². The Balaban J connectivity index is 1.99. The average Bonchev–Trinajstić information content (AvgIpc) is 2.78. The van der Waals surface area contributed by atoms with Crippen LogP contribution in [0.2, 0.25) is 0 Å². The molecule has 0 radical (unpaired) electrons. The molecule has 1 atom stereocenters. The van der Waals surface area contributed by atoms with Gasteiger partial charge < -0.3 is 19.6 Å². The van der Waals surface area contributed by atoms with E-state index in [4.69, 9.17) is 0 Å². The summed E-state index contributed by atoms with van der Waals surface area (Å²) < 4.78 is 1.46. The monoisotopic (exact) mass is 252 g/mol. The van der Waals surface area contributed by atoms with Crippen LogP contribution in [-0.2, 0) is 11.3 Å². The summed E-state index contributed by atoms with van der Waals surface area (Å²) in [6.07, 6.45) is 5.81. The molecule has 7 nitrogen and oxygen atoms in total. The van der Waals surface area contributed by atoms with Gasteiger partial charge in [-0.1, -0.05) is 0 Å². The van der Waals surface area contributed by atoms with Crippen LogP contribution in [0.15, 0.2) is 12.5 Å². The molecule has 1 saturated heterocycles. The highest BCUT2D eigenvalue weighted by Gasteiger charge is 2.23. The molecule has 7 heteroatoms. The lowest BCUT2D eigenvalue weighted by atomic mass is 10.0. The molecule has 1 aliphatic heterocycles. The van der Waals surface area contributed by atoms with Gasteiger partial charge >= 0.3 is 5.82 Å². The van der Waals surface area contributed by atoms with Gasteiger partial charge in [0.05, 0.1) is 0 Å². The molecule has 1 unspecified atom stereocenters. The molecular weight excluding hydrogens is 236 g/mol. The molecule has 0 spiro atoms. The van der Waals surface area contributed by atoms with Crippen molar-refractivity contribution in [2.24, 2.45) is 0 Å². The van der Waals surface area contributed by atoms with E-state index in [1.807, 2.05) is 11.8 Å². The van der Waals surface area contributed by atoms with Crippen LogP contribution in [0.1, 0.15) is 26.2 Å². The highest BCUT2D eigenvalue weighted by atomic mass is 16.6. The molecule has 0 bridgehead atoms. The zero-order valence-electron chi connectivity index (χ0n) is 10.3. The Hall–Kier alpha value is -1.92. The van der Waals surface area contributed by atoms with Gasteiger partial charge in [0.15, 0.2) is 0 Å². The summed E-state index contributed by atoms with van der Waals surface area (Å²) in [4.78, 5) is 27.5. The van der Waals surface area contributed by atoms with E-state index in [1.54, 1.807) is 0 Å². The second kappa shape index (κ2) is 5.16. The SMILES string of the molecule is CC1CCCCN1C(=O)Cn1cnc([N+](=O)[O-])c1. The van der Waals surface area contributed by atoms with Gasteiger partial charge in [-0.15, -0.1) is 0 Å². The third-order valence-electron chi connectivity index (χ3n) is 3.25. The number of nitro groups is 1. The Bertz CT molecular complexity index is 457. The second-order valence-corrected chi connectivity index (χ2v) is 4.59. The molecule has 1 aliphatic rings. The number of piperidine rings is 1. The van der Waals surface area contributed by atoms with E-state index in [2.05, 4.69) is 4.98 Å². The topological polar surface area (TPSA) is 81.3 Å². The first-order chi connectivity index (χ1) is 8.58. The molecule has 0 saturated carbocycles. The largest absolute Gasteiger partial charge is 0.381 e. The first-order valence-corrected chi connectivity index (χ1v) is 6.03. The average molecular weight is 252 g/mol. The minimum atomic E-state index is -0.565. The van der Waals surface area contributed by atoms with Crippen molar-refractivity contribution in [3.05, 3.63) is 22.6 Å². The van der Waals surface area contributed by atoms with Crippen molar-refractivity contribution < 1.29 is 9.72 Å². The molecule has 2 heterocycles. The summed E-state index contributed by atoms with van der Waals surface area (Å²) in [5.41, 5.74) is 0. The highest BCUT2D eigenvalue weighted by molar-refractivity contribution is 5.76. The fourth-order valence-electron chi connectivity index (χ4n) is 2.24. The summed E-state index contributed by atoms with van der Waals surface area (Å²) in [5.74, 6) is -0.232. The van der Waals surface area contributed by atoms with Gasteiger partial charge in [0.2, 0.25) is 12.2 Å². The quantitative estimate of drug-likeness (QED) is 0.597. The Morgan fingerprint density at radius 1 is 1.61 bits per heavy atom. The summed E-state index contributed by atoms with van der Waals surface area (Å²) in [6.45, 7) is 2.93. The predicted molar refractivity (Wildman–Crippen MR) is 63.9 cm³/mol. The highest BCUT2D eigenvalue weighted by Crippen LogP contribution is 2.17. The smallest absolute Gasteiger partial charge is 0.358 e. The van der Waals surface area contributed by atoms with Crippen molar-refractivity contribution in [3.63, 3.8) is 0 Å². The van der Waals surface area contributed by atoms with Crippen LogP contribution in [-0.4, -0.2) is 37.9 Å². The molecule has 0 N–H and O–H groups in total. The predicted octanol–water partition coefficient (Wildman–Crippen LogP) is 1.19. The maximum Gasteiger partial charge on any atom is 0.381 e. The first kappa shape index (κ1) is 12.5. The van der Waals surface area contributed by atoms with Gasteiger partial charge in [0, 0.05) is 12.6 Å². The van der Waals surface area contributed by atoms with Gasteiger partial charge in [-0.3, -0.25) is 4.79 Å². The number of carbonyl (C=O) groups excluding carboxylic acids is 1. The maximum absolute atomic E-state index is 12.1. The summed E-state index contributed by atoms with van der Waals surface area (Å²) in [7, 11) is 0. The minimum Gasteiger partial charge on any atom is -0.358 e. The number of rotatable bonds is 3. The van der Waals surface area contributed by atoms with Crippen molar-refractivity contribution in [3.8, 4) is 0 Å². The molecule has 98 valence electrons. The lowest BCUT2D eigenvalue weighted by molar-refractivity contribution is -0.389. The zero-order valence-corrected chi connectivity index (χ0v) is 10.3. The fourth-order valence-corrected chi connectivity index (χ4v) is 2.24. The Morgan fingerprint density at radius 3 is 3.00 bits per heavy atom. The van der Waals surface area contributed by atoms with E-state index in [0.29, 0.717) is 0 Å². The van der Waals surface area contributed by atoms with Crippen molar-refractivity contribution in [1.29, 1.82) is 0 Å². The number of aromatic nitrogens is 2. The molecule has 0 aliphatic carbocycles. The normalized spacial score (nSPS) is 19.8. The van der Waals surface area contributed by atoms with E-state index in [0.717, 1.165) is 25.8 Å². The number of hydrogen-bond acceptors (Lipinski definition) is 4. The molecule has 1 aromatic heterocycles. The number of imidazole rings is 1. The van der Waals surface area contributed by atoms with Crippen LogP contribution in [0.5, 0.6) is 0 Å². The second-order valence-electron chi connectivity index (χ2n) is 4.59. The molecule has 1 aromatic rings. The number of likely N-dealkylation sites (tertiary alicyclic amines) is 1. The lowest BCUT2D eigenvalue weighted by Gasteiger charge is -2.33. The molecule has 0 aromatic carbocycles. The number of nitrogens with zero attached hydrogens (tertiary/aromatic N) is 4. The molecule has 1 fully saturated rings. The van der Waals surface area contributed by atoms with Gasteiger partial charge in [0.25, 0.3) is 0 Å². The molecule has 1 amide bonds. The van der Waals surface area contributed by atoms with Crippen molar-refractivity contribution in [2.45, 2.75) is 38.8 Å². The van der Waals surface area contributed by atoms with E-state index in [1.165, 1.54) is 17.1 Å². The van der Waals surface area contributed by atoms with Crippen molar-refractivity contribution in [2.75, 3.05) is 6.54 Å². The Kier molecular flexibility index (Phi) is 3.59. The van der Waals surface area contributed by atoms with Gasteiger partial charge in [-0.25, -0.2) is 0 Å². The van der Waals surface area contributed by atoms with Gasteiger partial charge in [0.1, 0.15) is 12.7 Å². The third kappa shape index (κ3) is 2.66. The molecular formula is C11H16N4O3. The van der Waals surface area contributed by atoms with E-state index < -0.39 is 4.92 Å². The molecule has 18 heavy (non-hydrogen) atoms.